The normalized spacial score (nSPS) is 22.3. The lowest BCUT2D eigenvalue weighted by molar-refractivity contribution is -0.149. The van der Waals surface area contributed by atoms with Gasteiger partial charge in [-0.1, -0.05) is 50.4 Å². The molecule has 40 heavy (non-hydrogen) atoms. The van der Waals surface area contributed by atoms with E-state index in [1.165, 1.54) is 6.07 Å². The molecule has 7 nitrogen and oxygen atoms in total. The first-order valence-corrected chi connectivity index (χ1v) is 15.1. The number of nitrogens with zero attached hydrogens (tertiary/aromatic N) is 4. The molecule has 208 valence electrons. The van der Waals surface area contributed by atoms with Crippen molar-refractivity contribution in [3.8, 4) is 11.3 Å². The number of fused-ring (bicyclic) bond motifs is 3. The van der Waals surface area contributed by atoms with Crippen molar-refractivity contribution >= 4 is 62.1 Å². The second-order valence-electron chi connectivity index (χ2n) is 11.0. The highest BCUT2D eigenvalue weighted by Gasteiger charge is 2.44. The van der Waals surface area contributed by atoms with E-state index in [1.807, 2.05) is 17.7 Å². The number of benzene rings is 2. The highest BCUT2D eigenvalue weighted by atomic mass is 79.9. The Morgan fingerprint density at radius 3 is 2.52 bits per heavy atom. The van der Waals surface area contributed by atoms with Crippen LogP contribution in [0.1, 0.15) is 55.8 Å². The van der Waals surface area contributed by atoms with Gasteiger partial charge in [0.25, 0.3) is 0 Å². The minimum absolute atomic E-state index is 0.0423. The molecule has 1 saturated carbocycles. The quantitative estimate of drug-likeness (QED) is 0.201. The number of hydrogen-bond donors (Lipinski definition) is 0. The molecule has 7 rings (SSSR count). The molecule has 0 spiro atoms. The van der Waals surface area contributed by atoms with Gasteiger partial charge in [-0.05, 0) is 49.9 Å². The van der Waals surface area contributed by atoms with E-state index in [9.17, 15) is 9.18 Å². The zero-order valence-electron chi connectivity index (χ0n) is 21.7. The van der Waals surface area contributed by atoms with E-state index in [1.54, 1.807) is 18.2 Å². The third-order valence-corrected chi connectivity index (χ3v) is 9.48. The van der Waals surface area contributed by atoms with Gasteiger partial charge in [-0.3, -0.25) is 4.79 Å². The molecule has 2 aromatic heterocycles. The van der Waals surface area contributed by atoms with E-state index < -0.39 is 0 Å². The van der Waals surface area contributed by atoms with E-state index in [0.29, 0.717) is 49.7 Å². The number of carbonyl (C=O) groups is 1. The first kappa shape index (κ1) is 26.3. The predicted molar refractivity (Wildman–Crippen MR) is 154 cm³/mol. The van der Waals surface area contributed by atoms with Gasteiger partial charge in [0.15, 0.2) is 5.82 Å². The Labute approximate surface area is 248 Å². The fraction of sp³-hybridized carbons (Fsp3) is 0.414. The van der Waals surface area contributed by atoms with Crippen LogP contribution in [0.4, 0.5) is 10.3 Å². The Bertz CT molecular complexity index is 1620. The molecule has 11 heteroatoms. The molecule has 2 aliphatic heterocycles. The highest BCUT2D eigenvalue weighted by Crippen LogP contribution is 2.46. The van der Waals surface area contributed by atoms with E-state index in [2.05, 4.69) is 31.0 Å². The molecule has 3 fully saturated rings. The summed E-state index contributed by atoms with van der Waals surface area (Å²) in [6, 6.07) is 8.91. The number of halogens is 4. The molecule has 0 radical (unpaired) electrons. The van der Waals surface area contributed by atoms with Gasteiger partial charge in [0.2, 0.25) is 5.95 Å². The zero-order chi connectivity index (χ0) is 27.7. The van der Waals surface area contributed by atoms with Crippen molar-refractivity contribution in [2.75, 3.05) is 4.90 Å². The van der Waals surface area contributed by atoms with Crippen LogP contribution in [-0.2, 0) is 23.0 Å². The summed E-state index contributed by atoms with van der Waals surface area (Å²) in [6.45, 7) is 0. The molecule has 3 atom stereocenters. The largest absolute Gasteiger partial charge is 0.462 e. The van der Waals surface area contributed by atoms with Crippen LogP contribution < -0.4 is 4.90 Å². The summed E-state index contributed by atoms with van der Waals surface area (Å²) in [4.78, 5) is 20.3. The third kappa shape index (κ3) is 4.50. The summed E-state index contributed by atoms with van der Waals surface area (Å²) in [5.74, 6) is 1.06. The first-order valence-electron chi connectivity index (χ1n) is 13.5. The average Bonchev–Trinajstić information content (AvgIpc) is 3.52. The van der Waals surface area contributed by atoms with E-state index in [4.69, 9.17) is 32.5 Å². The Kier molecular flexibility index (Phi) is 6.59. The number of imidazole rings is 1. The average molecular weight is 648 g/mol. The van der Waals surface area contributed by atoms with E-state index in [0.717, 1.165) is 42.9 Å². The molecule has 2 saturated heterocycles. The third-order valence-electron chi connectivity index (χ3n) is 8.39. The number of piperidine rings is 1. The lowest BCUT2D eigenvalue weighted by Crippen LogP contribution is -2.47. The summed E-state index contributed by atoms with van der Waals surface area (Å²) in [5.41, 5.74) is 2.88. The Morgan fingerprint density at radius 1 is 1.15 bits per heavy atom. The molecule has 4 heterocycles. The van der Waals surface area contributed by atoms with Crippen LogP contribution in [0.15, 0.2) is 39.3 Å². The maximum Gasteiger partial charge on any atom is 0.310 e. The minimum Gasteiger partial charge on any atom is -0.462 e. The molecule has 3 aliphatic rings. The number of esters is 1. The van der Waals surface area contributed by atoms with Gasteiger partial charge in [0, 0.05) is 53.5 Å². The summed E-state index contributed by atoms with van der Waals surface area (Å²) in [5, 5.41) is 5.20. The van der Waals surface area contributed by atoms with Crippen molar-refractivity contribution in [2.45, 2.75) is 69.1 Å². The number of aryl methyl sites for hydroxylation is 1. The van der Waals surface area contributed by atoms with Crippen LogP contribution in [0.3, 0.4) is 0 Å². The van der Waals surface area contributed by atoms with Gasteiger partial charge in [-0.15, -0.1) is 0 Å². The molecule has 0 N–H and O–H groups in total. The molecule has 0 amide bonds. The maximum absolute atomic E-state index is 14.6. The number of aromatic nitrogens is 3. The van der Waals surface area contributed by atoms with Crippen molar-refractivity contribution in [3.63, 3.8) is 0 Å². The monoisotopic (exact) mass is 646 g/mol. The zero-order valence-corrected chi connectivity index (χ0v) is 24.8. The number of rotatable bonds is 6. The molecule has 2 bridgehead atoms. The van der Waals surface area contributed by atoms with Crippen LogP contribution in [0.5, 0.6) is 0 Å². The summed E-state index contributed by atoms with van der Waals surface area (Å²) in [7, 11) is 1.92. The number of carbonyl (C=O) groups excluding carboxylic acids is 1. The van der Waals surface area contributed by atoms with Gasteiger partial charge in [0.1, 0.15) is 23.1 Å². The lowest BCUT2D eigenvalue weighted by atomic mass is 9.99. The van der Waals surface area contributed by atoms with Gasteiger partial charge < -0.3 is 18.7 Å². The molecule has 1 aliphatic carbocycles. The van der Waals surface area contributed by atoms with Gasteiger partial charge in [0.05, 0.1) is 22.0 Å². The summed E-state index contributed by atoms with van der Waals surface area (Å²) < 4.78 is 29.0. The van der Waals surface area contributed by atoms with Gasteiger partial charge in [-0.2, -0.15) is 0 Å². The van der Waals surface area contributed by atoms with Crippen molar-refractivity contribution < 1.29 is 18.4 Å². The Hall–Kier alpha value is -2.62. The standard InChI is InChI=1S/C29H26BrCl2FN4O3/c1-36-23-10-15(30)9-22(33)27(23)34-29(36)37-16-7-8-17(37)12-18(11-16)39-24(38)13-19-26(35-40-28(19)14-5-6-14)25-20(31)3-2-4-21(25)32/h2-4,9-10,14,16-18H,5-8,11-13H2,1H3/t16-,17+,18?. The molecule has 2 aromatic carbocycles. The predicted octanol–water partition coefficient (Wildman–Crippen LogP) is 7.60. The SMILES string of the molecule is Cn1c(N2[C@@H]3CC[C@H]2CC(OC(=O)Cc2c(-c4c(Cl)cccc4Cl)noc2C2CC2)C3)nc2c(F)cc(Br)cc21. The summed E-state index contributed by atoms with van der Waals surface area (Å²) >= 11 is 16.3. The fourth-order valence-electron chi connectivity index (χ4n) is 6.43. The van der Waals surface area contributed by atoms with Gasteiger partial charge in [-0.25, -0.2) is 9.37 Å². The van der Waals surface area contributed by atoms with Crippen molar-refractivity contribution in [1.82, 2.24) is 14.7 Å². The number of anilines is 1. The van der Waals surface area contributed by atoms with Crippen molar-refractivity contribution in [3.05, 3.63) is 62.0 Å². The molecule has 4 aromatic rings. The second-order valence-corrected chi connectivity index (χ2v) is 12.8. The second kappa shape index (κ2) is 10.0. The molecular formula is C29H26BrCl2FN4O3. The smallest absolute Gasteiger partial charge is 0.310 e. The van der Waals surface area contributed by atoms with Crippen LogP contribution in [-0.4, -0.2) is 38.9 Å². The van der Waals surface area contributed by atoms with Crippen LogP contribution in [0, 0.1) is 5.82 Å². The van der Waals surface area contributed by atoms with Crippen molar-refractivity contribution in [2.24, 2.45) is 7.05 Å². The van der Waals surface area contributed by atoms with E-state index in [-0.39, 0.29) is 42.3 Å². The van der Waals surface area contributed by atoms with Crippen LogP contribution >= 0.6 is 39.1 Å². The van der Waals surface area contributed by atoms with Crippen LogP contribution in [0.2, 0.25) is 10.0 Å². The Balaban J connectivity index is 1.10. The minimum atomic E-state index is -0.348. The number of hydrogen-bond acceptors (Lipinski definition) is 6. The highest BCUT2D eigenvalue weighted by molar-refractivity contribution is 9.10. The fourth-order valence-corrected chi connectivity index (χ4v) is 7.43. The van der Waals surface area contributed by atoms with E-state index >= 15 is 0 Å². The topological polar surface area (TPSA) is 73.4 Å². The summed E-state index contributed by atoms with van der Waals surface area (Å²) in [6.07, 6.45) is 5.16. The Morgan fingerprint density at radius 2 is 1.85 bits per heavy atom. The lowest BCUT2D eigenvalue weighted by Gasteiger charge is -2.39. The number of ether oxygens (including phenoxy) is 1. The maximum atomic E-state index is 14.6. The molecule has 1 unspecified atom stereocenters. The molecular weight excluding hydrogens is 622 g/mol. The first-order chi connectivity index (χ1) is 19.3. The van der Waals surface area contributed by atoms with Crippen molar-refractivity contribution in [1.29, 1.82) is 0 Å². The van der Waals surface area contributed by atoms with Gasteiger partial charge >= 0.3 is 5.97 Å². The van der Waals surface area contributed by atoms with Crippen LogP contribution in [0.25, 0.3) is 22.3 Å².